The Morgan fingerprint density at radius 1 is 1.22 bits per heavy atom. The van der Waals surface area contributed by atoms with Gasteiger partial charge in [0.15, 0.2) is 0 Å². The molecule has 2 bridgehead atoms. The van der Waals surface area contributed by atoms with Crippen LogP contribution in [0.2, 0.25) is 5.02 Å². The first kappa shape index (κ1) is 16.1. The Morgan fingerprint density at radius 3 is 2.74 bits per heavy atom. The Balaban J connectivity index is 1.75. The van der Waals surface area contributed by atoms with Crippen molar-refractivity contribution >= 4 is 29.2 Å². The van der Waals surface area contributed by atoms with Gasteiger partial charge < -0.3 is 15.1 Å². The number of hydrogen-bond acceptors (Lipinski definition) is 2. The lowest BCUT2D eigenvalue weighted by Gasteiger charge is -2.36. The van der Waals surface area contributed by atoms with Gasteiger partial charge in [0.25, 0.3) is 0 Å². The first-order chi connectivity index (χ1) is 10.9. The van der Waals surface area contributed by atoms with E-state index in [4.69, 9.17) is 11.6 Å². The van der Waals surface area contributed by atoms with E-state index in [0.717, 1.165) is 30.6 Å². The van der Waals surface area contributed by atoms with Crippen molar-refractivity contribution in [3.63, 3.8) is 0 Å². The van der Waals surface area contributed by atoms with Crippen LogP contribution in [-0.2, 0) is 4.79 Å². The summed E-state index contributed by atoms with van der Waals surface area (Å²) in [4.78, 5) is 28.2. The SMILES string of the molecule is CC(=O)N1C[C@H]2CC[C@@H](C1)N(C(=O)Nc1cc(Cl)ccc1C)C2. The maximum absolute atomic E-state index is 12.7. The molecule has 3 saturated heterocycles. The van der Waals surface area contributed by atoms with Crippen LogP contribution in [0.3, 0.4) is 0 Å². The average Bonchev–Trinajstić information content (AvgIpc) is 2.83. The number of aryl methyl sites for hydroxylation is 1. The van der Waals surface area contributed by atoms with Gasteiger partial charge >= 0.3 is 6.03 Å². The molecule has 3 aliphatic rings. The molecule has 0 unspecified atom stereocenters. The van der Waals surface area contributed by atoms with Crippen LogP contribution >= 0.6 is 11.6 Å². The van der Waals surface area contributed by atoms with Gasteiger partial charge in [-0.1, -0.05) is 17.7 Å². The van der Waals surface area contributed by atoms with E-state index in [1.807, 2.05) is 28.9 Å². The predicted molar refractivity (Wildman–Crippen MR) is 90.7 cm³/mol. The van der Waals surface area contributed by atoms with Gasteiger partial charge in [-0.05, 0) is 43.4 Å². The Morgan fingerprint density at radius 2 is 2.00 bits per heavy atom. The number of nitrogens with one attached hydrogen (secondary N) is 1. The highest BCUT2D eigenvalue weighted by atomic mass is 35.5. The smallest absolute Gasteiger partial charge is 0.322 e. The summed E-state index contributed by atoms with van der Waals surface area (Å²) in [5, 5.41) is 3.58. The second kappa shape index (κ2) is 6.40. The molecule has 0 spiro atoms. The number of fused-ring (bicyclic) bond motifs is 4. The van der Waals surface area contributed by atoms with Crippen molar-refractivity contribution in [2.24, 2.45) is 5.92 Å². The average molecular weight is 336 g/mol. The number of carbonyl (C=O) groups is 2. The minimum absolute atomic E-state index is 0.0924. The molecule has 4 rings (SSSR count). The van der Waals surface area contributed by atoms with Gasteiger partial charge in [0, 0.05) is 37.3 Å². The van der Waals surface area contributed by atoms with Crippen molar-refractivity contribution in [2.45, 2.75) is 32.7 Å². The van der Waals surface area contributed by atoms with Gasteiger partial charge in [-0.3, -0.25) is 4.79 Å². The number of nitrogens with zero attached hydrogens (tertiary/aromatic N) is 2. The minimum Gasteiger partial charge on any atom is -0.341 e. The summed E-state index contributed by atoms with van der Waals surface area (Å²) < 4.78 is 0. The molecule has 3 amide bonds. The van der Waals surface area contributed by atoms with Crippen LogP contribution in [0.1, 0.15) is 25.3 Å². The van der Waals surface area contributed by atoms with E-state index in [0.29, 0.717) is 24.0 Å². The normalized spacial score (nSPS) is 23.6. The van der Waals surface area contributed by atoms with Gasteiger partial charge in [0.2, 0.25) is 5.91 Å². The maximum atomic E-state index is 12.7. The van der Waals surface area contributed by atoms with E-state index >= 15 is 0 Å². The number of anilines is 1. The Kier molecular flexibility index (Phi) is 4.48. The first-order valence-electron chi connectivity index (χ1n) is 8.03. The summed E-state index contributed by atoms with van der Waals surface area (Å²) in [6, 6.07) is 5.47. The summed E-state index contributed by atoms with van der Waals surface area (Å²) >= 11 is 6.02. The van der Waals surface area contributed by atoms with E-state index in [2.05, 4.69) is 5.32 Å². The fraction of sp³-hybridized carbons (Fsp3) is 0.529. The van der Waals surface area contributed by atoms with Crippen LogP contribution in [0.4, 0.5) is 10.5 Å². The molecule has 1 N–H and O–H groups in total. The molecule has 124 valence electrons. The van der Waals surface area contributed by atoms with Gasteiger partial charge in [-0.25, -0.2) is 4.79 Å². The molecule has 0 aliphatic carbocycles. The number of halogens is 1. The van der Waals surface area contributed by atoms with Gasteiger partial charge in [-0.15, -0.1) is 0 Å². The highest BCUT2D eigenvalue weighted by Gasteiger charge is 2.38. The molecule has 0 radical (unpaired) electrons. The molecule has 3 heterocycles. The quantitative estimate of drug-likeness (QED) is 0.857. The molecule has 0 aromatic heterocycles. The number of hydrogen-bond donors (Lipinski definition) is 1. The van der Waals surface area contributed by atoms with Gasteiger partial charge in [-0.2, -0.15) is 0 Å². The number of carbonyl (C=O) groups excluding carboxylic acids is 2. The van der Waals surface area contributed by atoms with Crippen LogP contribution in [0.25, 0.3) is 0 Å². The highest BCUT2D eigenvalue weighted by Crippen LogP contribution is 2.29. The molecule has 1 aromatic rings. The molecular formula is C17H22ClN3O2. The largest absolute Gasteiger partial charge is 0.341 e. The van der Waals surface area contributed by atoms with E-state index in [1.165, 1.54) is 0 Å². The van der Waals surface area contributed by atoms with E-state index < -0.39 is 0 Å². The minimum atomic E-state index is -0.101. The predicted octanol–water partition coefficient (Wildman–Crippen LogP) is 3.12. The van der Waals surface area contributed by atoms with Crippen LogP contribution < -0.4 is 5.32 Å². The number of rotatable bonds is 1. The fourth-order valence-corrected chi connectivity index (χ4v) is 3.68. The van der Waals surface area contributed by atoms with Crippen molar-refractivity contribution in [1.82, 2.24) is 9.80 Å². The van der Waals surface area contributed by atoms with Gasteiger partial charge in [0.05, 0.1) is 6.04 Å². The van der Waals surface area contributed by atoms with Crippen LogP contribution in [-0.4, -0.2) is 47.4 Å². The van der Waals surface area contributed by atoms with Crippen molar-refractivity contribution in [2.75, 3.05) is 25.0 Å². The van der Waals surface area contributed by atoms with Crippen LogP contribution in [0.15, 0.2) is 18.2 Å². The first-order valence-corrected chi connectivity index (χ1v) is 8.41. The maximum Gasteiger partial charge on any atom is 0.322 e. The van der Waals surface area contributed by atoms with Crippen molar-refractivity contribution < 1.29 is 9.59 Å². The van der Waals surface area contributed by atoms with Crippen LogP contribution in [0, 0.1) is 12.8 Å². The second-order valence-electron chi connectivity index (χ2n) is 6.56. The lowest BCUT2D eigenvalue weighted by atomic mass is 9.95. The molecule has 3 fully saturated rings. The molecule has 5 nitrogen and oxygen atoms in total. The molecule has 3 aliphatic heterocycles. The topological polar surface area (TPSA) is 52.7 Å². The summed E-state index contributed by atoms with van der Waals surface area (Å²) in [5.74, 6) is 0.457. The van der Waals surface area contributed by atoms with Crippen molar-refractivity contribution in [3.05, 3.63) is 28.8 Å². The third kappa shape index (κ3) is 3.44. The standard InChI is InChI=1S/C17H22ClN3O2/c1-11-3-5-14(18)7-16(11)19-17(23)21-9-13-4-6-15(21)10-20(8-13)12(2)22/h3,5,7,13,15H,4,6,8-10H2,1-2H3,(H,19,23)/t13-,15+/m1/s1. The summed E-state index contributed by atoms with van der Waals surface area (Å²) in [6.07, 6.45) is 2.03. The lowest BCUT2D eigenvalue weighted by molar-refractivity contribution is -0.129. The summed E-state index contributed by atoms with van der Waals surface area (Å²) in [5.41, 5.74) is 1.72. The third-order valence-electron chi connectivity index (χ3n) is 4.86. The number of urea groups is 1. The van der Waals surface area contributed by atoms with E-state index in [-0.39, 0.29) is 18.0 Å². The molecule has 6 heteroatoms. The Hall–Kier alpha value is -1.75. The monoisotopic (exact) mass is 335 g/mol. The zero-order valence-corrected chi connectivity index (χ0v) is 14.3. The van der Waals surface area contributed by atoms with Gasteiger partial charge in [0.1, 0.15) is 0 Å². The van der Waals surface area contributed by atoms with Crippen molar-refractivity contribution in [1.29, 1.82) is 0 Å². The summed E-state index contributed by atoms with van der Waals surface area (Å²) in [7, 11) is 0. The number of piperidine rings is 1. The second-order valence-corrected chi connectivity index (χ2v) is 7.00. The zero-order valence-electron chi connectivity index (χ0n) is 13.5. The van der Waals surface area contributed by atoms with Crippen LogP contribution in [0.5, 0.6) is 0 Å². The Labute approximate surface area is 141 Å². The van der Waals surface area contributed by atoms with E-state index in [9.17, 15) is 9.59 Å². The fourth-order valence-electron chi connectivity index (χ4n) is 3.50. The Bertz CT molecular complexity index is 634. The molecule has 1 aromatic carbocycles. The molecule has 0 saturated carbocycles. The molecular weight excluding hydrogens is 314 g/mol. The third-order valence-corrected chi connectivity index (χ3v) is 5.10. The zero-order chi connectivity index (χ0) is 16.6. The van der Waals surface area contributed by atoms with E-state index in [1.54, 1.807) is 13.0 Å². The number of amides is 3. The highest BCUT2D eigenvalue weighted by molar-refractivity contribution is 6.31. The molecule has 23 heavy (non-hydrogen) atoms. The lowest BCUT2D eigenvalue weighted by Crippen LogP contribution is -2.49. The summed E-state index contributed by atoms with van der Waals surface area (Å²) in [6.45, 7) is 5.64. The molecule has 2 atom stereocenters. The number of benzene rings is 1. The van der Waals surface area contributed by atoms with Crippen molar-refractivity contribution in [3.8, 4) is 0 Å².